The summed E-state index contributed by atoms with van der Waals surface area (Å²) in [5, 5.41) is 12.5. The van der Waals surface area contributed by atoms with Crippen LogP contribution in [-0.4, -0.2) is 43.5 Å². The molecular weight excluding hydrogens is 194 g/mol. The van der Waals surface area contributed by atoms with Gasteiger partial charge in [-0.1, -0.05) is 12.8 Å². The highest BCUT2D eigenvalue weighted by atomic mass is 16.5. The molecule has 0 aromatic rings. The van der Waals surface area contributed by atoms with Gasteiger partial charge in [0.2, 0.25) is 0 Å². The van der Waals surface area contributed by atoms with Gasteiger partial charge in [0.25, 0.3) is 0 Å². The van der Waals surface area contributed by atoms with Crippen molar-refractivity contribution in [3.63, 3.8) is 0 Å². The number of nitrogens with zero attached hydrogens (tertiary/aromatic N) is 1. The summed E-state index contributed by atoms with van der Waals surface area (Å²) >= 11 is 0. The first kappa shape index (κ1) is 12.3. The zero-order valence-corrected chi connectivity index (χ0v) is 9.28. The quantitative estimate of drug-likeness (QED) is 0.440. The summed E-state index contributed by atoms with van der Waals surface area (Å²) in [5.41, 5.74) is 5.68. The van der Waals surface area contributed by atoms with E-state index in [9.17, 15) is 5.11 Å². The maximum Gasteiger partial charge on any atom is 0.188 e. The number of aliphatic hydroxyl groups excluding tert-OH is 1. The van der Waals surface area contributed by atoms with Gasteiger partial charge in [-0.2, -0.15) is 0 Å². The van der Waals surface area contributed by atoms with Crippen LogP contribution in [-0.2, 0) is 4.74 Å². The van der Waals surface area contributed by atoms with Gasteiger partial charge in [-0.05, 0) is 12.8 Å². The van der Waals surface area contributed by atoms with Gasteiger partial charge >= 0.3 is 0 Å². The van der Waals surface area contributed by atoms with E-state index in [2.05, 4.69) is 10.3 Å². The van der Waals surface area contributed by atoms with Crippen LogP contribution >= 0.6 is 0 Å². The lowest BCUT2D eigenvalue weighted by Crippen LogP contribution is -2.39. The molecular formula is C10H21N3O2. The van der Waals surface area contributed by atoms with Gasteiger partial charge < -0.3 is 20.9 Å². The fourth-order valence-electron chi connectivity index (χ4n) is 1.77. The molecule has 1 aliphatic rings. The van der Waals surface area contributed by atoms with E-state index < -0.39 is 6.10 Å². The Bertz CT molecular complexity index is 203. The van der Waals surface area contributed by atoms with E-state index in [1.807, 2.05) is 0 Å². The summed E-state index contributed by atoms with van der Waals surface area (Å²) in [6.45, 7) is 0.583. The van der Waals surface area contributed by atoms with Crippen molar-refractivity contribution in [3.05, 3.63) is 0 Å². The van der Waals surface area contributed by atoms with Crippen molar-refractivity contribution in [1.82, 2.24) is 5.32 Å². The second kappa shape index (κ2) is 6.63. The summed E-state index contributed by atoms with van der Waals surface area (Å²) in [5.74, 6) is 0.428. The molecule has 1 unspecified atom stereocenters. The molecule has 0 amide bonds. The second-order valence-corrected chi connectivity index (χ2v) is 3.96. The Morgan fingerprint density at radius 1 is 1.60 bits per heavy atom. The molecule has 0 heterocycles. The Morgan fingerprint density at radius 3 is 2.87 bits per heavy atom. The lowest BCUT2D eigenvalue weighted by molar-refractivity contribution is 0.0704. The Hall–Kier alpha value is -0.810. The summed E-state index contributed by atoms with van der Waals surface area (Å²) < 4.78 is 4.79. The first-order valence-electron chi connectivity index (χ1n) is 5.46. The largest absolute Gasteiger partial charge is 0.389 e. The van der Waals surface area contributed by atoms with Gasteiger partial charge in [0.05, 0.1) is 19.3 Å². The van der Waals surface area contributed by atoms with E-state index in [1.165, 1.54) is 12.8 Å². The van der Waals surface area contributed by atoms with E-state index in [-0.39, 0.29) is 0 Å². The van der Waals surface area contributed by atoms with Crippen molar-refractivity contribution < 1.29 is 9.84 Å². The molecule has 0 aliphatic heterocycles. The van der Waals surface area contributed by atoms with Crippen LogP contribution in [0.1, 0.15) is 25.7 Å². The average Bonchev–Trinajstić information content (AvgIpc) is 2.68. The molecule has 1 aliphatic carbocycles. The van der Waals surface area contributed by atoms with Crippen LogP contribution in [0.25, 0.3) is 0 Å². The average molecular weight is 215 g/mol. The van der Waals surface area contributed by atoms with Crippen molar-refractivity contribution in [3.8, 4) is 0 Å². The fraction of sp³-hybridized carbons (Fsp3) is 0.900. The topological polar surface area (TPSA) is 79.9 Å². The maximum absolute atomic E-state index is 9.34. The number of hydrogen-bond donors (Lipinski definition) is 3. The molecule has 5 nitrogen and oxygen atoms in total. The highest BCUT2D eigenvalue weighted by Gasteiger charge is 2.14. The Balaban J connectivity index is 2.19. The van der Waals surface area contributed by atoms with Crippen LogP contribution in [0.4, 0.5) is 0 Å². The third-order valence-electron chi connectivity index (χ3n) is 2.54. The molecule has 4 N–H and O–H groups in total. The number of aliphatic hydroxyl groups is 1. The Morgan fingerprint density at radius 2 is 2.27 bits per heavy atom. The SMILES string of the molecule is COCC(O)CN=C(N)NC1CCCC1. The van der Waals surface area contributed by atoms with Crippen molar-refractivity contribution in [1.29, 1.82) is 0 Å². The summed E-state index contributed by atoms with van der Waals surface area (Å²) in [4.78, 5) is 4.06. The van der Waals surface area contributed by atoms with E-state index in [4.69, 9.17) is 10.5 Å². The highest BCUT2D eigenvalue weighted by Crippen LogP contribution is 2.17. The summed E-state index contributed by atoms with van der Waals surface area (Å²) in [7, 11) is 1.55. The van der Waals surface area contributed by atoms with Crippen LogP contribution in [0.15, 0.2) is 4.99 Å². The summed E-state index contributed by atoms with van der Waals surface area (Å²) in [6, 6.07) is 0.466. The fourth-order valence-corrected chi connectivity index (χ4v) is 1.77. The number of hydrogen-bond acceptors (Lipinski definition) is 3. The number of aliphatic imine (C=N–C) groups is 1. The zero-order chi connectivity index (χ0) is 11.1. The second-order valence-electron chi connectivity index (χ2n) is 3.96. The van der Waals surface area contributed by atoms with E-state index in [0.717, 1.165) is 12.8 Å². The minimum absolute atomic E-state index is 0.291. The molecule has 88 valence electrons. The van der Waals surface area contributed by atoms with Crippen LogP contribution in [0.3, 0.4) is 0 Å². The van der Waals surface area contributed by atoms with Gasteiger partial charge in [-0.3, -0.25) is 4.99 Å². The van der Waals surface area contributed by atoms with E-state index in [1.54, 1.807) is 7.11 Å². The molecule has 1 atom stereocenters. The molecule has 0 bridgehead atoms. The number of nitrogens with one attached hydrogen (secondary N) is 1. The van der Waals surface area contributed by atoms with Crippen LogP contribution in [0.2, 0.25) is 0 Å². The third-order valence-corrected chi connectivity index (χ3v) is 2.54. The minimum atomic E-state index is -0.570. The van der Waals surface area contributed by atoms with Crippen molar-refractivity contribution in [2.75, 3.05) is 20.3 Å². The highest BCUT2D eigenvalue weighted by molar-refractivity contribution is 5.78. The van der Waals surface area contributed by atoms with Crippen LogP contribution in [0.5, 0.6) is 0 Å². The van der Waals surface area contributed by atoms with Gasteiger partial charge in [-0.25, -0.2) is 0 Å². The molecule has 1 rings (SSSR count). The van der Waals surface area contributed by atoms with Gasteiger partial charge in [0.15, 0.2) is 5.96 Å². The number of guanidine groups is 1. The lowest BCUT2D eigenvalue weighted by Gasteiger charge is -2.13. The normalized spacial score (nSPS) is 20.5. The molecule has 1 fully saturated rings. The number of methoxy groups -OCH3 is 1. The van der Waals surface area contributed by atoms with Gasteiger partial charge in [0.1, 0.15) is 0 Å². The predicted molar refractivity (Wildman–Crippen MR) is 59.8 cm³/mol. The van der Waals surface area contributed by atoms with Crippen molar-refractivity contribution in [2.45, 2.75) is 37.8 Å². The van der Waals surface area contributed by atoms with Crippen LogP contribution < -0.4 is 11.1 Å². The minimum Gasteiger partial charge on any atom is -0.389 e. The van der Waals surface area contributed by atoms with E-state index in [0.29, 0.717) is 25.2 Å². The smallest absolute Gasteiger partial charge is 0.188 e. The molecule has 0 aromatic heterocycles. The first-order valence-corrected chi connectivity index (χ1v) is 5.46. The number of nitrogens with two attached hydrogens (primary N) is 1. The monoisotopic (exact) mass is 215 g/mol. The number of rotatable bonds is 5. The Kier molecular flexibility index (Phi) is 5.42. The van der Waals surface area contributed by atoms with Gasteiger partial charge in [0, 0.05) is 13.2 Å². The van der Waals surface area contributed by atoms with Crippen LogP contribution in [0, 0.1) is 0 Å². The van der Waals surface area contributed by atoms with Crippen molar-refractivity contribution >= 4 is 5.96 Å². The van der Waals surface area contributed by atoms with E-state index >= 15 is 0 Å². The molecule has 15 heavy (non-hydrogen) atoms. The zero-order valence-electron chi connectivity index (χ0n) is 9.28. The molecule has 1 saturated carbocycles. The maximum atomic E-state index is 9.34. The predicted octanol–water partition coefficient (Wildman–Crippen LogP) is -0.159. The first-order chi connectivity index (χ1) is 7.22. The lowest BCUT2D eigenvalue weighted by atomic mass is 10.2. The third kappa shape index (κ3) is 4.99. The molecule has 5 heteroatoms. The summed E-state index contributed by atoms with van der Waals surface area (Å²) in [6.07, 6.45) is 4.28. The Labute approximate surface area is 90.7 Å². The molecule has 0 aromatic carbocycles. The number of ether oxygens (including phenoxy) is 1. The van der Waals surface area contributed by atoms with Gasteiger partial charge in [-0.15, -0.1) is 0 Å². The molecule has 0 saturated heterocycles. The van der Waals surface area contributed by atoms with Crippen molar-refractivity contribution in [2.24, 2.45) is 10.7 Å². The standard InChI is InChI=1S/C10H21N3O2/c1-15-7-9(14)6-12-10(11)13-8-4-2-3-5-8/h8-9,14H,2-7H2,1H3,(H3,11,12,13). The molecule has 0 spiro atoms. The molecule has 0 radical (unpaired) electrons.